The van der Waals surface area contributed by atoms with Gasteiger partial charge in [0.2, 0.25) is 5.88 Å². The Bertz CT molecular complexity index is 365. The third-order valence-corrected chi connectivity index (χ3v) is 2.86. The highest BCUT2D eigenvalue weighted by Crippen LogP contribution is 2.15. The molecule has 0 aromatic carbocycles. The SMILES string of the molecule is CCC(N)(CC)COc1nccc(OC(C)C)n1. The highest BCUT2D eigenvalue weighted by molar-refractivity contribution is 5.11. The van der Waals surface area contributed by atoms with Crippen LogP contribution in [-0.2, 0) is 0 Å². The van der Waals surface area contributed by atoms with Crippen LogP contribution in [0.1, 0.15) is 40.5 Å². The van der Waals surface area contributed by atoms with E-state index in [1.54, 1.807) is 12.3 Å². The van der Waals surface area contributed by atoms with E-state index in [-0.39, 0.29) is 11.6 Å². The van der Waals surface area contributed by atoms with Gasteiger partial charge in [-0.2, -0.15) is 4.98 Å². The van der Waals surface area contributed by atoms with Gasteiger partial charge in [-0.3, -0.25) is 0 Å². The summed E-state index contributed by atoms with van der Waals surface area (Å²) in [6.45, 7) is 8.40. The molecule has 18 heavy (non-hydrogen) atoms. The minimum Gasteiger partial charge on any atom is -0.475 e. The fourth-order valence-corrected chi connectivity index (χ4v) is 1.36. The fourth-order valence-electron chi connectivity index (χ4n) is 1.36. The lowest BCUT2D eigenvalue weighted by atomic mass is 9.96. The lowest BCUT2D eigenvalue weighted by Gasteiger charge is -2.25. The molecule has 0 unspecified atom stereocenters. The lowest BCUT2D eigenvalue weighted by Crippen LogP contribution is -2.44. The topological polar surface area (TPSA) is 70.3 Å². The van der Waals surface area contributed by atoms with Crippen LogP contribution in [0.3, 0.4) is 0 Å². The van der Waals surface area contributed by atoms with Crippen LogP contribution in [0.5, 0.6) is 11.9 Å². The van der Waals surface area contributed by atoms with E-state index in [9.17, 15) is 0 Å². The Morgan fingerprint density at radius 2 is 2.00 bits per heavy atom. The van der Waals surface area contributed by atoms with Gasteiger partial charge < -0.3 is 15.2 Å². The van der Waals surface area contributed by atoms with Crippen LogP contribution in [0.15, 0.2) is 12.3 Å². The van der Waals surface area contributed by atoms with Crippen LogP contribution in [-0.4, -0.2) is 28.2 Å². The van der Waals surface area contributed by atoms with Crippen molar-refractivity contribution in [3.63, 3.8) is 0 Å². The van der Waals surface area contributed by atoms with Crippen LogP contribution >= 0.6 is 0 Å². The Morgan fingerprint density at radius 1 is 1.33 bits per heavy atom. The number of rotatable bonds is 7. The summed E-state index contributed by atoms with van der Waals surface area (Å²) in [7, 11) is 0. The molecule has 1 aromatic rings. The van der Waals surface area contributed by atoms with Crippen LogP contribution in [0, 0.1) is 0 Å². The molecule has 2 N–H and O–H groups in total. The number of ether oxygens (including phenoxy) is 2. The van der Waals surface area contributed by atoms with Gasteiger partial charge in [-0.1, -0.05) is 13.8 Å². The molecule has 0 saturated carbocycles. The van der Waals surface area contributed by atoms with Crippen LogP contribution in [0.2, 0.25) is 0 Å². The molecule has 1 heterocycles. The van der Waals surface area contributed by atoms with Crippen molar-refractivity contribution in [3.8, 4) is 11.9 Å². The third-order valence-electron chi connectivity index (χ3n) is 2.86. The number of nitrogens with two attached hydrogens (primary N) is 1. The second kappa shape index (κ2) is 6.54. The molecule has 1 aromatic heterocycles. The molecule has 0 aliphatic carbocycles. The zero-order valence-corrected chi connectivity index (χ0v) is 11.6. The highest BCUT2D eigenvalue weighted by Gasteiger charge is 2.21. The van der Waals surface area contributed by atoms with E-state index in [4.69, 9.17) is 15.2 Å². The molecule has 0 radical (unpaired) electrons. The fraction of sp³-hybridized carbons (Fsp3) is 0.692. The predicted octanol–water partition coefficient (Wildman–Crippen LogP) is 2.16. The second-order valence-electron chi connectivity index (χ2n) is 4.70. The molecule has 0 atom stereocenters. The van der Waals surface area contributed by atoms with Gasteiger partial charge in [0.15, 0.2) is 0 Å². The number of nitrogens with zero attached hydrogens (tertiary/aromatic N) is 2. The van der Waals surface area contributed by atoms with Crippen molar-refractivity contribution < 1.29 is 9.47 Å². The predicted molar refractivity (Wildman–Crippen MR) is 70.8 cm³/mol. The Labute approximate surface area is 109 Å². The maximum absolute atomic E-state index is 6.15. The minimum atomic E-state index is -0.321. The lowest BCUT2D eigenvalue weighted by molar-refractivity contribution is 0.186. The van der Waals surface area contributed by atoms with Crippen LogP contribution in [0.4, 0.5) is 0 Å². The summed E-state index contributed by atoms with van der Waals surface area (Å²) in [5, 5.41) is 0. The largest absolute Gasteiger partial charge is 0.475 e. The molecule has 0 bridgehead atoms. The standard InChI is InChI=1S/C13H23N3O2/c1-5-13(14,6-2)9-17-12-15-8-7-11(16-12)18-10(3)4/h7-8,10H,5-6,9,14H2,1-4H3. The summed E-state index contributed by atoms with van der Waals surface area (Å²) in [5.41, 5.74) is 5.83. The zero-order chi connectivity index (χ0) is 13.6. The van der Waals surface area contributed by atoms with Crippen molar-refractivity contribution in [1.82, 2.24) is 9.97 Å². The molecule has 5 nitrogen and oxygen atoms in total. The Balaban J connectivity index is 2.62. The summed E-state index contributed by atoms with van der Waals surface area (Å²) in [6, 6.07) is 2.02. The maximum Gasteiger partial charge on any atom is 0.319 e. The van der Waals surface area contributed by atoms with Gasteiger partial charge in [0, 0.05) is 17.8 Å². The van der Waals surface area contributed by atoms with E-state index in [1.165, 1.54) is 0 Å². The first-order chi connectivity index (χ1) is 8.49. The van der Waals surface area contributed by atoms with E-state index >= 15 is 0 Å². The van der Waals surface area contributed by atoms with Gasteiger partial charge in [-0.15, -0.1) is 0 Å². The first-order valence-electron chi connectivity index (χ1n) is 6.40. The summed E-state index contributed by atoms with van der Waals surface area (Å²) in [4.78, 5) is 8.22. The average molecular weight is 253 g/mol. The maximum atomic E-state index is 6.15. The molecule has 0 spiro atoms. The van der Waals surface area contributed by atoms with Crippen molar-refractivity contribution in [1.29, 1.82) is 0 Å². The molecule has 1 rings (SSSR count). The Kier molecular flexibility index (Phi) is 5.34. The smallest absolute Gasteiger partial charge is 0.319 e. The molecule has 5 heteroatoms. The summed E-state index contributed by atoms with van der Waals surface area (Å²) >= 11 is 0. The van der Waals surface area contributed by atoms with Crippen molar-refractivity contribution in [2.45, 2.75) is 52.2 Å². The molecular weight excluding hydrogens is 230 g/mol. The molecular formula is C13H23N3O2. The van der Waals surface area contributed by atoms with Gasteiger partial charge in [-0.05, 0) is 26.7 Å². The van der Waals surface area contributed by atoms with Crippen LogP contribution in [0.25, 0.3) is 0 Å². The van der Waals surface area contributed by atoms with Crippen molar-refractivity contribution in [2.75, 3.05) is 6.61 Å². The average Bonchev–Trinajstić information content (AvgIpc) is 2.36. The van der Waals surface area contributed by atoms with Crippen molar-refractivity contribution in [2.24, 2.45) is 5.73 Å². The molecule has 0 aliphatic rings. The van der Waals surface area contributed by atoms with E-state index < -0.39 is 0 Å². The van der Waals surface area contributed by atoms with E-state index in [2.05, 4.69) is 9.97 Å². The first-order valence-corrected chi connectivity index (χ1v) is 6.40. The normalized spacial score (nSPS) is 11.7. The van der Waals surface area contributed by atoms with Crippen molar-refractivity contribution >= 4 is 0 Å². The summed E-state index contributed by atoms with van der Waals surface area (Å²) in [5.74, 6) is 0.519. The number of hydrogen-bond acceptors (Lipinski definition) is 5. The van der Waals surface area contributed by atoms with E-state index in [0.717, 1.165) is 12.8 Å². The third kappa shape index (κ3) is 4.49. The quantitative estimate of drug-likeness (QED) is 0.806. The van der Waals surface area contributed by atoms with Gasteiger partial charge in [0.25, 0.3) is 0 Å². The molecule has 0 saturated heterocycles. The summed E-state index contributed by atoms with van der Waals surface area (Å²) in [6.07, 6.45) is 3.40. The van der Waals surface area contributed by atoms with Crippen molar-refractivity contribution in [3.05, 3.63) is 12.3 Å². The monoisotopic (exact) mass is 253 g/mol. The zero-order valence-electron chi connectivity index (χ0n) is 11.6. The van der Waals surface area contributed by atoms with Gasteiger partial charge in [0.05, 0.1) is 6.10 Å². The van der Waals surface area contributed by atoms with Gasteiger partial charge in [0.1, 0.15) is 6.61 Å². The molecule has 0 amide bonds. The molecule has 102 valence electrons. The van der Waals surface area contributed by atoms with E-state index in [1.807, 2.05) is 27.7 Å². The van der Waals surface area contributed by atoms with Gasteiger partial charge in [-0.25, -0.2) is 4.98 Å². The van der Waals surface area contributed by atoms with Gasteiger partial charge >= 0.3 is 6.01 Å². The molecule has 0 aliphatic heterocycles. The number of aromatic nitrogens is 2. The molecule has 0 fully saturated rings. The first kappa shape index (κ1) is 14.7. The van der Waals surface area contributed by atoms with E-state index in [0.29, 0.717) is 18.5 Å². The second-order valence-corrected chi connectivity index (χ2v) is 4.70. The minimum absolute atomic E-state index is 0.0765. The Morgan fingerprint density at radius 3 is 2.56 bits per heavy atom. The summed E-state index contributed by atoms with van der Waals surface area (Å²) < 4.78 is 11.0. The number of hydrogen-bond donors (Lipinski definition) is 1. The Hall–Kier alpha value is -1.36. The van der Waals surface area contributed by atoms with Crippen LogP contribution < -0.4 is 15.2 Å². The highest BCUT2D eigenvalue weighted by atomic mass is 16.5.